The largest absolute Gasteiger partial charge is 0.433 e. The molecule has 0 spiro atoms. The van der Waals surface area contributed by atoms with Gasteiger partial charge >= 0.3 is 6.18 Å². The molecular weight excluding hydrogens is 271 g/mol. The van der Waals surface area contributed by atoms with E-state index < -0.39 is 11.9 Å². The third-order valence-electron chi connectivity index (χ3n) is 2.83. The van der Waals surface area contributed by atoms with Gasteiger partial charge in [0.25, 0.3) is 0 Å². The number of aromatic nitrogens is 3. The zero-order chi connectivity index (χ0) is 15.1. The van der Waals surface area contributed by atoms with E-state index >= 15 is 0 Å². The monoisotopic (exact) mass is 281 g/mol. The zero-order valence-corrected chi connectivity index (χ0v) is 10.7. The second-order valence-electron chi connectivity index (χ2n) is 4.17. The standard InChI is InChI=1S/C12H10F3N5/c1-6-10(17)7(2)20(19-6)11-8(5-16)3-4-9(18-11)12(13,14)15/h3-4H,17H2,1-2H3. The highest BCUT2D eigenvalue weighted by molar-refractivity contribution is 5.52. The molecule has 2 rings (SSSR count). The van der Waals surface area contributed by atoms with Crippen molar-refractivity contribution in [2.75, 3.05) is 5.73 Å². The maximum Gasteiger partial charge on any atom is 0.433 e. The zero-order valence-electron chi connectivity index (χ0n) is 10.7. The van der Waals surface area contributed by atoms with Crippen molar-refractivity contribution in [2.24, 2.45) is 0 Å². The molecule has 2 aromatic heterocycles. The molecule has 0 unspecified atom stereocenters. The number of pyridine rings is 1. The molecule has 8 heteroatoms. The number of hydrogen-bond donors (Lipinski definition) is 1. The molecule has 2 N–H and O–H groups in total. The van der Waals surface area contributed by atoms with Gasteiger partial charge in [0.2, 0.25) is 0 Å². The first-order valence-corrected chi connectivity index (χ1v) is 5.56. The van der Waals surface area contributed by atoms with Gasteiger partial charge in [-0.2, -0.15) is 23.5 Å². The van der Waals surface area contributed by atoms with E-state index in [0.717, 1.165) is 16.8 Å². The summed E-state index contributed by atoms with van der Waals surface area (Å²) in [6.07, 6.45) is -4.59. The van der Waals surface area contributed by atoms with Gasteiger partial charge in [-0.15, -0.1) is 0 Å². The lowest BCUT2D eigenvalue weighted by atomic mass is 10.2. The SMILES string of the molecule is Cc1nn(-c2nc(C(F)(F)F)ccc2C#N)c(C)c1N. The maximum absolute atomic E-state index is 12.7. The lowest BCUT2D eigenvalue weighted by Gasteiger charge is -2.10. The average molecular weight is 281 g/mol. The molecule has 0 radical (unpaired) electrons. The Morgan fingerprint density at radius 2 is 1.95 bits per heavy atom. The number of nitrogens with two attached hydrogens (primary N) is 1. The normalized spacial score (nSPS) is 11.4. The van der Waals surface area contributed by atoms with Crippen LogP contribution in [0.4, 0.5) is 18.9 Å². The number of aryl methyl sites for hydroxylation is 1. The van der Waals surface area contributed by atoms with E-state index in [4.69, 9.17) is 11.0 Å². The third-order valence-corrected chi connectivity index (χ3v) is 2.83. The van der Waals surface area contributed by atoms with E-state index in [0.29, 0.717) is 17.1 Å². The predicted molar refractivity (Wildman–Crippen MR) is 65.0 cm³/mol. The van der Waals surface area contributed by atoms with E-state index in [1.807, 2.05) is 0 Å². The fourth-order valence-corrected chi connectivity index (χ4v) is 1.72. The smallest absolute Gasteiger partial charge is 0.396 e. The first kappa shape index (κ1) is 13.9. The van der Waals surface area contributed by atoms with Crippen LogP contribution in [0.1, 0.15) is 22.6 Å². The summed E-state index contributed by atoms with van der Waals surface area (Å²) in [7, 11) is 0. The van der Waals surface area contributed by atoms with Crippen molar-refractivity contribution in [3.8, 4) is 11.9 Å². The first-order valence-electron chi connectivity index (χ1n) is 5.56. The Morgan fingerprint density at radius 3 is 2.40 bits per heavy atom. The van der Waals surface area contributed by atoms with Gasteiger partial charge in [0.05, 0.1) is 22.6 Å². The predicted octanol–water partition coefficient (Wildman–Crippen LogP) is 2.36. The molecule has 0 aliphatic heterocycles. The van der Waals surface area contributed by atoms with Crippen molar-refractivity contribution < 1.29 is 13.2 Å². The summed E-state index contributed by atoms with van der Waals surface area (Å²) in [6, 6.07) is 3.63. The number of rotatable bonds is 1. The second kappa shape index (κ2) is 4.52. The van der Waals surface area contributed by atoms with E-state index in [2.05, 4.69) is 10.1 Å². The van der Waals surface area contributed by atoms with E-state index in [-0.39, 0.29) is 11.4 Å². The highest BCUT2D eigenvalue weighted by Gasteiger charge is 2.33. The Morgan fingerprint density at radius 1 is 1.30 bits per heavy atom. The van der Waals surface area contributed by atoms with Gasteiger partial charge < -0.3 is 5.73 Å². The van der Waals surface area contributed by atoms with Gasteiger partial charge in [-0.05, 0) is 26.0 Å². The number of alkyl halides is 3. The number of halogens is 3. The molecule has 0 saturated carbocycles. The van der Waals surface area contributed by atoms with Crippen LogP contribution in [0.2, 0.25) is 0 Å². The van der Waals surface area contributed by atoms with Crippen molar-refractivity contribution in [1.82, 2.24) is 14.8 Å². The summed E-state index contributed by atoms with van der Waals surface area (Å²) < 4.78 is 39.3. The van der Waals surface area contributed by atoms with Crippen LogP contribution in [0.15, 0.2) is 12.1 Å². The van der Waals surface area contributed by atoms with Gasteiger partial charge in [-0.3, -0.25) is 0 Å². The van der Waals surface area contributed by atoms with Gasteiger partial charge in [0, 0.05) is 0 Å². The lowest BCUT2D eigenvalue weighted by Crippen LogP contribution is -2.13. The van der Waals surface area contributed by atoms with Crippen molar-refractivity contribution in [3.63, 3.8) is 0 Å². The molecular formula is C12H10F3N5. The van der Waals surface area contributed by atoms with Crippen LogP contribution < -0.4 is 5.73 Å². The van der Waals surface area contributed by atoms with Crippen LogP contribution in [0.25, 0.3) is 5.82 Å². The molecule has 0 aliphatic carbocycles. The van der Waals surface area contributed by atoms with Crippen LogP contribution >= 0.6 is 0 Å². The number of anilines is 1. The van der Waals surface area contributed by atoms with Crippen LogP contribution in [-0.2, 0) is 6.18 Å². The molecule has 0 atom stereocenters. The van der Waals surface area contributed by atoms with Crippen molar-refractivity contribution >= 4 is 5.69 Å². The summed E-state index contributed by atoms with van der Waals surface area (Å²) >= 11 is 0. The van der Waals surface area contributed by atoms with Gasteiger partial charge in [0.15, 0.2) is 5.82 Å². The number of nitrogens with zero attached hydrogens (tertiary/aromatic N) is 4. The third kappa shape index (κ3) is 2.18. The summed E-state index contributed by atoms with van der Waals surface area (Å²) in [4.78, 5) is 3.50. The summed E-state index contributed by atoms with van der Waals surface area (Å²) in [5.74, 6) is -0.181. The number of hydrogen-bond acceptors (Lipinski definition) is 4. The maximum atomic E-state index is 12.7. The fourth-order valence-electron chi connectivity index (χ4n) is 1.72. The summed E-state index contributed by atoms with van der Waals surface area (Å²) in [6.45, 7) is 3.22. The molecule has 2 heterocycles. The molecule has 5 nitrogen and oxygen atoms in total. The Kier molecular flexibility index (Phi) is 3.13. The van der Waals surface area contributed by atoms with E-state index in [1.54, 1.807) is 19.9 Å². The Balaban J connectivity index is 2.72. The molecule has 104 valence electrons. The van der Waals surface area contributed by atoms with Gasteiger partial charge in [0.1, 0.15) is 11.8 Å². The summed E-state index contributed by atoms with van der Waals surface area (Å²) in [5, 5.41) is 13.0. The first-order chi connectivity index (χ1) is 9.25. The lowest BCUT2D eigenvalue weighted by molar-refractivity contribution is -0.141. The molecule has 20 heavy (non-hydrogen) atoms. The molecule has 0 fully saturated rings. The van der Waals surface area contributed by atoms with Crippen molar-refractivity contribution in [1.29, 1.82) is 5.26 Å². The number of nitrogen functional groups attached to an aromatic ring is 1. The highest BCUT2D eigenvalue weighted by atomic mass is 19.4. The average Bonchev–Trinajstić information content (AvgIpc) is 2.64. The fraction of sp³-hybridized carbons (Fsp3) is 0.250. The Hall–Kier alpha value is -2.56. The topological polar surface area (TPSA) is 80.5 Å². The van der Waals surface area contributed by atoms with E-state index in [9.17, 15) is 13.2 Å². The van der Waals surface area contributed by atoms with Crippen LogP contribution in [0, 0.1) is 25.2 Å². The number of nitriles is 1. The van der Waals surface area contributed by atoms with E-state index in [1.165, 1.54) is 0 Å². The summed E-state index contributed by atoms with van der Waals surface area (Å²) in [5.41, 5.74) is 5.90. The van der Waals surface area contributed by atoms with Crippen LogP contribution in [0.3, 0.4) is 0 Å². The quantitative estimate of drug-likeness (QED) is 0.870. The highest BCUT2D eigenvalue weighted by Crippen LogP contribution is 2.29. The van der Waals surface area contributed by atoms with Crippen LogP contribution in [-0.4, -0.2) is 14.8 Å². The second-order valence-corrected chi connectivity index (χ2v) is 4.17. The van der Waals surface area contributed by atoms with Gasteiger partial charge in [-0.25, -0.2) is 9.67 Å². The molecule has 2 aromatic rings. The van der Waals surface area contributed by atoms with Crippen molar-refractivity contribution in [3.05, 3.63) is 34.8 Å². The Labute approximate surface area is 112 Å². The molecule has 0 bridgehead atoms. The van der Waals surface area contributed by atoms with Crippen molar-refractivity contribution in [2.45, 2.75) is 20.0 Å². The molecule has 0 amide bonds. The molecule has 0 aromatic carbocycles. The molecule has 0 saturated heterocycles. The van der Waals surface area contributed by atoms with Crippen LogP contribution in [0.5, 0.6) is 0 Å². The Bertz CT molecular complexity index is 709. The molecule has 0 aliphatic rings. The minimum atomic E-state index is -4.59. The van der Waals surface area contributed by atoms with Gasteiger partial charge in [-0.1, -0.05) is 0 Å². The minimum Gasteiger partial charge on any atom is -0.396 e. The minimum absolute atomic E-state index is 0.0106.